The summed E-state index contributed by atoms with van der Waals surface area (Å²) in [6.07, 6.45) is 4.68. The van der Waals surface area contributed by atoms with Gasteiger partial charge in [-0.25, -0.2) is 8.78 Å². The Morgan fingerprint density at radius 3 is 2.62 bits per heavy atom. The SMILES string of the molecule is CCc1cccc2cccc(-c3ccc4c(N5C[C@H]6CC[C@@H](C5)N6)nc(OC[C@@]56CCCN5C[C@H](F)C6)nc4c3F)c12. The lowest BCUT2D eigenvalue weighted by Gasteiger charge is -2.34. The largest absolute Gasteiger partial charge is 0.461 e. The number of fused-ring (bicyclic) bond motifs is 5. The lowest BCUT2D eigenvalue weighted by Crippen LogP contribution is -2.51. The van der Waals surface area contributed by atoms with Gasteiger partial charge in [0.05, 0.1) is 5.54 Å². The van der Waals surface area contributed by atoms with E-state index >= 15 is 4.39 Å². The lowest BCUT2D eigenvalue weighted by molar-refractivity contribution is 0.107. The highest BCUT2D eigenvalue weighted by atomic mass is 19.1. The van der Waals surface area contributed by atoms with Gasteiger partial charge in [0.1, 0.15) is 24.1 Å². The fourth-order valence-electron chi connectivity index (χ4n) is 8.19. The van der Waals surface area contributed by atoms with Crippen LogP contribution in [0.2, 0.25) is 0 Å². The molecule has 4 aromatic rings. The van der Waals surface area contributed by atoms with Crippen molar-refractivity contribution in [3.63, 3.8) is 0 Å². The maximum Gasteiger partial charge on any atom is 0.319 e. The predicted octanol–water partition coefficient (Wildman–Crippen LogP) is 6.05. The van der Waals surface area contributed by atoms with E-state index in [0.29, 0.717) is 42.6 Å². The van der Waals surface area contributed by atoms with Crippen molar-refractivity contribution in [3.05, 3.63) is 59.9 Å². The lowest BCUT2D eigenvalue weighted by atomic mass is 9.93. The van der Waals surface area contributed by atoms with Crippen molar-refractivity contribution in [3.8, 4) is 17.1 Å². The van der Waals surface area contributed by atoms with Gasteiger partial charge in [-0.15, -0.1) is 0 Å². The van der Waals surface area contributed by atoms with E-state index in [4.69, 9.17) is 14.7 Å². The molecule has 0 radical (unpaired) electrons. The molecule has 4 aliphatic heterocycles. The molecule has 3 aromatic carbocycles. The molecule has 4 aliphatic rings. The fourth-order valence-corrected chi connectivity index (χ4v) is 8.19. The average Bonchev–Trinajstić information content (AvgIpc) is 3.65. The smallest absolute Gasteiger partial charge is 0.319 e. The molecule has 0 spiro atoms. The van der Waals surface area contributed by atoms with Gasteiger partial charge in [0.15, 0.2) is 5.82 Å². The summed E-state index contributed by atoms with van der Waals surface area (Å²) in [5, 5.41) is 6.55. The molecule has 8 rings (SSSR count). The predicted molar refractivity (Wildman–Crippen MR) is 163 cm³/mol. The van der Waals surface area contributed by atoms with Crippen molar-refractivity contribution in [2.24, 2.45) is 0 Å². The third-order valence-corrected chi connectivity index (χ3v) is 10.2. The first-order valence-electron chi connectivity index (χ1n) is 15.6. The molecule has 1 N–H and O–H groups in total. The van der Waals surface area contributed by atoms with Crippen LogP contribution < -0.4 is 15.0 Å². The zero-order valence-corrected chi connectivity index (χ0v) is 24.1. The van der Waals surface area contributed by atoms with E-state index in [1.54, 1.807) is 0 Å². The number of nitrogens with one attached hydrogen (secondary N) is 1. The first-order chi connectivity index (χ1) is 20.5. The van der Waals surface area contributed by atoms with E-state index in [0.717, 1.165) is 73.9 Å². The van der Waals surface area contributed by atoms with Crippen LogP contribution in [0.25, 0.3) is 32.8 Å². The van der Waals surface area contributed by atoms with Crippen LogP contribution in [0.3, 0.4) is 0 Å². The number of alkyl halides is 1. The number of halogens is 2. The van der Waals surface area contributed by atoms with Gasteiger partial charge in [-0.2, -0.15) is 9.97 Å². The molecular weight excluding hydrogens is 532 g/mol. The highest BCUT2D eigenvalue weighted by molar-refractivity contribution is 6.02. The maximum absolute atomic E-state index is 16.8. The molecule has 42 heavy (non-hydrogen) atoms. The third-order valence-electron chi connectivity index (χ3n) is 10.2. The Hall–Kier alpha value is -3.36. The highest BCUT2D eigenvalue weighted by Gasteiger charge is 2.49. The number of ether oxygens (including phenoxy) is 1. The molecule has 4 fully saturated rings. The van der Waals surface area contributed by atoms with Gasteiger partial charge in [-0.1, -0.05) is 49.4 Å². The van der Waals surface area contributed by atoms with Crippen molar-refractivity contribution in [1.82, 2.24) is 20.2 Å². The number of hydrogen-bond acceptors (Lipinski definition) is 6. The van der Waals surface area contributed by atoms with Gasteiger partial charge < -0.3 is 15.0 Å². The van der Waals surface area contributed by atoms with Crippen molar-refractivity contribution >= 4 is 27.5 Å². The van der Waals surface area contributed by atoms with E-state index in [2.05, 4.69) is 46.3 Å². The van der Waals surface area contributed by atoms with Crippen LogP contribution in [0.4, 0.5) is 14.6 Å². The molecule has 0 aliphatic carbocycles. The number of anilines is 1. The second kappa shape index (κ2) is 10.1. The normalized spacial score (nSPS) is 27.3. The molecule has 1 aromatic heterocycles. The number of hydrogen-bond donors (Lipinski definition) is 1. The van der Waals surface area contributed by atoms with Crippen LogP contribution >= 0.6 is 0 Å². The van der Waals surface area contributed by atoms with E-state index in [1.807, 2.05) is 24.3 Å². The molecule has 2 bridgehead atoms. The van der Waals surface area contributed by atoms with E-state index in [9.17, 15) is 4.39 Å². The summed E-state index contributed by atoms with van der Waals surface area (Å²) < 4.78 is 37.5. The summed E-state index contributed by atoms with van der Waals surface area (Å²) in [5.74, 6) is 0.365. The summed E-state index contributed by atoms with van der Waals surface area (Å²) in [6.45, 7) is 5.42. The van der Waals surface area contributed by atoms with Gasteiger partial charge in [-0.05, 0) is 66.6 Å². The Kier molecular flexibility index (Phi) is 6.34. The van der Waals surface area contributed by atoms with E-state index < -0.39 is 6.17 Å². The molecule has 218 valence electrons. The molecule has 4 saturated heterocycles. The summed E-state index contributed by atoms with van der Waals surface area (Å²) in [7, 11) is 0. The van der Waals surface area contributed by atoms with Crippen LogP contribution in [-0.2, 0) is 6.42 Å². The summed E-state index contributed by atoms with van der Waals surface area (Å²) in [4.78, 5) is 14.1. The third kappa shape index (κ3) is 4.25. The molecule has 6 nitrogen and oxygen atoms in total. The van der Waals surface area contributed by atoms with Gasteiger partial charge in [0.2, 0.25) is 0 Å². The first kappa shape index (κ1) is 26.3. The van der Waals surface area contributed by atoms with Crippen molar-refractivity contribution in [2.45, 2.75) is 69.2 Å². The summed E-state index contributed by atoms with van der Waals surface area (Å²) in [6, 6.07) is 17.2. The topological polar surface area (TPSA) is 53.5 Å². The minimum atomic E-state index is -0.841. The van der Waals surface area contributed by atoms with Crippen LogP contribution in [0, 0.1) is 5.82 Å². The van der Waals surface area contributed by atoms with Crippen LogP contribution in [0.1, 0.15) is 44.6 Å². The van der Waals surface area contributed by atoms with Gasteiger partial charge >= 0.3 is 6.01 Å². The summed E-state index contributed by atoms with van der Waals surface area (Å²) in [5.41, 5.74) is 2.54. The van der Waals surface area contributed by atoms with Gasteiger partial charge in [0, 0.05) is 49.1 Å². The Morgan fingerprint density at radius 2 is 1.81 bits per heavy atom. The van der Waals surface area contributed by atoms with Crippen LogP contribution in [0.15, 0.2) is 48.5 Å². The van der Waals surface area contributed by atoms with E-state index in [-0.39, 0.29) is 22.9 Å². The maximum atomic E-state index is 16.8. The number of benzene rings is 3. The second-order valence-corrected chi connectivity index (χ2v) is 12.7. The number of aromatic nitrogens is 2. The molecule has 4 atom stereocenters. The Morgan fingerprint density at radius 1 is 1.00 bits per heavy atom. The Labute approximate surface area is 245 Å². The molecule has 0 unspecified atom stereocenters. The zero-order chi connectivity index (χ0) is 28.4. The minimum Gasteiger partial charge on any atom is -0.461 e. The van der Waals surface area contributed by atoms with Crippen molar-refractivity contribution in [2.75, 3.05) is 37.7 Å². The quantitative estimate of drug-likeness (QED) is 0.305. The minimum absolute atomic E-state index is 0.176. The van der Waals surface area contributed by atoms with Crippen molar-refractivity contribution < 1.29 is 13.5 Å². The second-order valence-electron chi connectivity index (χ2n) is 12.7. The molecule has 5 heterocycles. The Balaban J connectivity index is 1.25. The molecule has 8 heteroatoms. The molecule has 0 saturated carbocycles. The zero-order valence-electron chi connectivity index (χ0n) is 24.1. The number of nitrogens with zero attached hydrogens (tertiary/aromatic N) is 4. The Bertz CT molecular complexity index is 1660. The average molecular weight is 570 g/mol. The highest BCUT2D eigenvalue weighted by Crippen LogP contribution is 2.42. The van der Waals surface area contributed by atoms with Gasteiger partial charge in [-0.3, -0.25) is 4.90 Å². The fraction of sp³-hybridized carbons (Fsp3) is 0.471. The van der Waals surface area contributed by atoms with Crippen LogP contribution in [0.5, 0.6) is 6.01 Å². The molecular formula is C34H37F2N5O. The van der Waals surface area contributed by atoms with Gasteiger partial charge in [0.25, 0.3) is 0 Å². The number of rotatable bonds is 6. The standard InChI is InChI=1S/C34H37F2N5O/c1-2-21-6-3-7-22-8-4-9-26(29(21)22)27-12-13-28-31(30(27)36)38-33(39-32(28)40-18-24-10-11-25(19-40)37-24)42-20-34-14-5-15-41(34)17-23(35)16-34/h3-4,6-9,12-13,23-25,37H,2,5,10-11,14-20H2,1H3/t23-,24-,25+,34+/m1/s1. The molecule has 0 amide bonds. The van der Waals surface area contributed by atoms with Crippen molar-refractivity contribution in [1.29, 1.82) is 0 Å². The number of aryl methyl sites for hydroxylation is 1. The van der Waals surface area contributed by atoms with Crippen LogP contribution in [-0.4, -0.2) is 71.4 Å². The monoisotopic (exact) mass is 569 g/mol. The first-order valence-corrected chi connectivity index (χ1v) is 15.6. The number of piperazine rings is 1. The summed E-state index contributed by atoms with van der Waals surface area (Å²) >= 11 is 0. The van der Waals surface area contributed by atoms with E-state index in [1.165, 1.54) is 5.56 Å².